The van der Waals surface area contributed by atoms with Gasteiger partial charge in [0.15, 0.2) is 0 Å². The zero-order chi connectivity index (χ0) is 13.5. The molecule has 18 heavy (non-hydrogen) atoms. The van der Waals surface area contributed by atoms with Crippen molar-refractivity contribution in [3.8, 4) is 0 Å². The fraction of sp³-hybridized carbons (Fsp3) is 0. The molecule has 0 N–H and O–H groups in total. The second kappa shape index (κ2) is 6.59. The molecule has 0 heterocycles. The minimum atomic E-state index is -10.7. The van der Waals surface area contributed by atoms with Gasteiger partial charge in [-0.1, -0.05) is 48.6 Å². The summed E-state index contributed by atoms with van der Waals surface area (Å²) >= 11 is 0. The van der Waals surface area contributed by atoms with Crippen molar-refractivity contribution in [3.05, 3.63) is 61.4 Å². The maximum absolute atomic E-state index is 10.7. The summed E-state index contributed by atoms with van der Waals surface area (Å²) < 4.78 is 59.2. The van der Waals surface area contributed by atoms with Crippen LogP contribution in [0, 0.1) is 12.8 Å². The zero-order valence-electron chi connectivity index (χ0n) is 8.82. The van der Waals surface area contributed by atoms with Crippen molar-refractivity contribution in [2.24, 2.45) is 0 Å². The monoisotopic (exact) mass is 334 g/mol. The molecule has 0 nitrogen and oxygen atoms in total. The van der Waals surface area contributed by atoms with Crippen LogP contribution in [0.25, 0.3) is 0 Å². The van der Waals surface area contributed by atoms with E-state index >= 15 is 0 Å². The Labute approximate surface area is 112 Å². The maximum atomic E-state index is 9.87. The molecule has 0 spiro atoms. The first-order valence-electron chi connectivity index (χ1n) is 4.35. The largest absolute Gasteiger partial charge is 0.0767 e. The van der Waals surface area contributed by atoms with Crippen LogP contribution in [0.2, 0.25) is 0 Å². The standard InChI is InChI=1S/2C5H5.Co.F6P/c2*1-2-4-5-3-1;;1-7(2,3,4,5)6/h2*1-5H;;/q;;;-1. The van der Waals surface area contributed by atoms with Crippen LogP contribution in [0.1, 0.15) is 0 Å². The molecule has 0 aromatic carbocycles. The molecular weight excluding hydrogens is 324 g/mol. The third-order valence-electron chi connectivity index (χ3n) is 1.11. The van der Waals surface area contributed by atoms with Gasteiger partial charge in [0.05, 0.1) is 0 Å². The molecule has 0 fully saturated rings. The van der Waals surface area contributed by atoms with Gasteiger partial charge >= 0.3 is 33.0 Å². The normalized spacial score (nSPS) is 18.8. The predicted octanol–water partition coefficient (Wildman–Crippen LogP) is 6.01. The molecule has 8 heteroatoms. The SMILES string of the molecule is F[P-](F)(F)(F)(F)F.[CH]1C=CC=C1.[CH]1C=CC=C1.[Co]. The van der Waals surface area contributed by atoms with Crippen molar-refractivity contribution in [2.75, 3.05) is 0 Å². The first-order valence-corrected chi connectivity index (χ1v) is 6.38. The molecule has 107 valence electrons. The molecule has 0 saturated carbocycles. The quantitative estimate of drug-likeness (QED) is 0.376. The first-order chi connectivity index (χ1) is 7.45. The second-order valence-electron chi connectivity index (χ2n) is 2.88. The average molecular weight is 334 g/mol. The van der Waals surface area contributed by atoms with E-state index < -0.39 is 7.81 Å². The molecule has 0 saturated heterocycles. The molecule has 0 aromatic rings. The van der Waals surface area contributed by atoms with E-state index in [-0.39, 0.29) is 16.8 Å². The topological polar surface area (TPSA) is 0 Å². The molecular formula is C10H10CoF6P-. The Morgan fingerprint density at radius 2 is 0.611 bits per heavy atom. The molecule has 3 radical (unpaired) electrons. The predicted molar refractivity (Wildman–Crippen MR) is 58.7 cm³/mol. The Kier molecular flexibility index (Phi) is 7.25. The summed E-state index contributed by atoms with van der Waals surface area (Å²) in [6.07, 6.45) is 20.0. The van der Waals surface area contributed by atoms with Crippen LogP contribution in [-0.2, 0) is 16.8 Å². The minimum absolute atomic E-state index is 0. The molecule has 0 bridgehead atoms. The summed E-state index contributed by atoms with van der Waals surface area (Å²) in [6, 6.07) is 0. The van der Waals surface area contributed by atoms with Gasteiger partial charge in [-0.2, -0.15) is 0 Å². The number of halogens is 6. The van der Waals surface area contributed by atoms with E-state index in [4.69, 9.17) is 0 Å². The average Bonchev–Trinajstić information content (AvgIpc) is 2.78. The maximum Gasteiger partial charge on any atom is 0.00506 e. The molecule has 0 amide bonds. The van der Waals surface area contributed by atoms with E-state index in [0.29, 0.717) is 0 Å². The fourth-order valence-corrected chi connectivity index (χ4v) is 0.642. The summed E-state index contributed by atoms with van der Waals surface area (Å²) in [5, 5.41) is 0. The van der Waals surface area contributed by atoms with Gasteiger partial charge in [0, 0.05) is 29.6 Å². The summed E-state index contributed by atoms with van der Waals surface area (Å²) in [7, 11) is -10.7. The van der Waals surface area contributed by atoms with Crippen molar-refractivity contribution in [1.29, 1.82) is 0 Å². The summed E-state index contributed by atoms with van der Waals surface area (Å²) in [5.41, 5.74) is 0. The van der Waals surface area contributed by atoms with E-state index in [0.717, 1.165) is 0 Å². The van der Waals surface area contributed by atoms with Gasteiger partial charge in [-0.05, 0) is 0 Å². The van der Waals surface area contributed by atoms with Crippen LogP contribution in [0.15, 0.2) is 48.6 Å². The van der Waals surface area contributed by atoms with Crippen LogP contribution in [0.5, 0.6) is 0 Å². The van der Waals surface area contributed by atoms with Crippen LogP contribution in [0.3, 0.4) is 0 Å². The molecule has 2 rings (SSSR count). The summed E-state index contributed by atoms with van der Waals surface area (Å²) in [4.78, 5) is 0. The molecule has 0 aromatic heterocycles. The van der Waals surface area contributed by atoms with Crippen LogP contribution in [0.4, 0.5) is 25.2 Å². The Bertz CT molecular complexity index is 295. The van der Waals surface area contributed by atoms with E-state index in [9.17, 15) is 25.2 Å². The van der Waals surface area contributed by atoms with Gasteiger partial charge in [-0.15, -0.1) is 0 Å². The van der Waals surface area contributed by atoms with E-state index in [1.54, 1.807) is 0 Å². The van der Waals surface area contributed by atoms with Crippen molar-refractivity contribution in [1.82, 2.24) is 0 Å². The first kappa shape index (κ1) is 19.8. The van der Waals surface area contributed by atoms with Crippen molar-refractivity contribution in [3.63, 3.8) is 0 Å². The van der Waals surface area contributed by atoms with Gasteiger partial charge < -0.3 is 0 Å². The van der Waals surface area contributed by atoms with Crippen LogP contribution < -0.4 is 0 Å². The number of hydrogen-bond acceptors (Lipinski definition) is 0. The number of hydrogen-bond donors (Lipinski definition) is 0. The molecule has 0 unspecified atom stereocenters. The van der Waals surface area contributed by atoms with Crippen molar-refractivity contribution < 1.29 is 42.0 Å². The summed E-state index contributed by atoms with van der Waals surface area (Å²) in [6.45, 7) is 0. The number of allylic oxidation sites excluding steroid dienone is 8. The molecule has 2 aliphatic carbocycles. The molecule has 2 aliphatic rings. The Morgan fingerprint density at radius 3 is 0.667 bits per heavy atom. The van der Waals surface area contributed by atoms with Gasteiger partial charge in [0.2, 0.25) is 0 Å². The van der Waals surface area contributed by atoms with Crippen molar-refractivity contribution >= 4 is 7.81 Å². The van der Waals surface area contributed by atoms with E-state index in [1.807, 2.05) is 61.4 Å². The second-order valence-corrected chi connectivity index (χ2v) is 4.80. The van der Waals surface area contributed by atoms with Gasteiger partial charge in [0.25, 0.3) is 0 Å². The van der Waals surface area contributed by atoms with Crippen LogP contribution in [-0.4, -0.2) is 0 Å². The van der Waals surface area contributed by atoms with Crippen molar-refractivity contribution in [2.45, 2.75) is 0 Å². The summed E-state index contributed by atoms with van der Waals surface area (Å²) in [5.74, 6) is 0. The van der Waals surface area contributed by atoms with E-state index in [1.165, 1.54) is 0 Å². The van der Waals surface area contributed by atoms with Gasteiger partial charge in [-0.25, -0.2) is 0 Å². The Balaban J connectivity index is 0. The molecule has 0 atom stereocenters. The minimum Gasteiger partial charge on any atom is -0.0767 e. The Morgan fingerprint density at radius 1 is 0.444 bits per heavy atom. The third-order valence-corrected chi connectivity index (χ3v) is 1.11. The van der Waals surface area contributed by atoms with E-state index in [2.05, 4.69) is 0 Å². The third kappa shape index (κ3) is 36.1. The van der Waals surface area contributed by atoms with Gasteiger partial charge in [0.1, 0.15) is 0 Å². The Hall–Kier alpha value is -0.524. The fourth-order valence-electron chi connectivity index (χ4n) is 0.642. The smallest absolute Gasteiger partial charge is 0.00506 e. The number of rotatable bonds is 0. The molecule has 0 aliphatic heterocycles. The van der Waals surface area contributed by atoms with Crippen LogP contribution >= 0.6 is 7.81 Å². The zero-order valence-corrected chi connectivity index (χ0v) is 10.8. The van der Waals surface area contributed by atoms with Gasteiger partial charge in [-0.3, -0.25) is 0 Å².